The highest BCUT2D eigenvalue weighted by Gasteiger charge is 2.09. The molecule has 0 bridgehead atoms. The predicted molar refractivity (Wildman–Crippen MR) is 106 cm³/mol. The van der Waals surface area contributed by atoms with E-state index < -0.39 is 0 Å². The molecule has 4 nitrogen and oxygen atoms in total. The zero-order valence-electron chi connectivity index (χ0n) is 14.6. The van der Waals surface area contributed by atoms with E-state index in [9.17, 15) is 0 Å². The van der Waals surface area contributed by atoms with Gasteiger partial charge >= 0.3 is 0 Å². The van der Waals surface area contributed by atoms with E-state index in [1.54, 1.807) is 11.8 Å². The number of thioether (sulfide) groups is 1. The lowest BCUT2D eigenvalue weighted by Crippen LogP contribution is -1.92. The highest BCUT2D eigenvalue weighted by molar-refractivity contribution is 7.98. The Morgan fingerprint density at radius 1 is 0.962 bits per heavy atom. The van der Waals surface area contributed by atoms with Crippen LogP contribution in [0.3, 0.4) is 0 Å². The van der Waals surface area contributed by atoms with Crippen LogP contribution in [-0.2, 0) is 12.2 Å². The Kier molecular flexibility index (Phi) is 4.88. The predicted octanol–water partition coefficient (Wildman–Crippen LogP) is 4.79. The number of nitrogens with one attached hydrogen (secondary N) is 1. The first-order valence-electron chi connectivity index (χ1n) is 8.59. The molecule has 0 fully saturated rings. The maximum Gasteiger partial charge on any atom is 0.166 e. The summed E-state index contributed by atoms with van der Waals surface area (Å²) in [5, 5.41) is 5.41. The molecule has 0 saturated carbocycles. The maximum atomic E-state index is 4.77. The molecule has 0 aliphatic carbocycles. The van der Waals surface area contributed by atoms with Crippen LogP contribution in [0.25, 0.3) is 5.69 Å². The zero-order valence-corrected chi connectivity index (χ0v) is 15.4. The number of benzene rings is 2. The van der Waals surface area contributed by atoms with Gasteiger partial charge < -0.3 is 4.98 Å². The standard InChI is InChI=1S/C21H20N4S/c1-16-20(12-17-8-4-2-5-9-17)24-21(23-16)26-15-18-13-22-25(14-18)19-10-6-3-7-11-19/h2-11,13-14H,12,15H2,1H3,(H,23,24). The van der Waals surface area contributed by atoms with Crippen molar-refractivity contribution in [2.75, 3.05) is 0 Å². The monoisotopic (exact) mass is 360 g/mol. The summed E-state index contributed by atoms with van der Waals surface area (Å²) in [4.78, 5) is 8.16. The van der Waals surface area contributed by atoms with Gasteiger partial charge in [-0.2, -0.15) is 5.10 Å². The summed E-state index contributed by atoms with van der Waals surface area (Å²) in [6.07, 6.45) is 4.85. The first-order valence-corrected chi connectivity index (χ1v) is 9.57. The third-order valence-corrected chi connectivity index (χ3v) is 5.16. The van der Waals surface area contributed by atoms with Crippen LogP contribution < -0.4 is 0 Å². The zero-order chi connectivity index (χ0) is 17.8. The Bertz CT molecular complexity index is 974. The average molecular weight is 360 g/mol. The minimum Gasteiger partial charge on any atom is -0.337 e. The Morgan fingerprint density at radius 2 is 1.69 bits per heavy atom. The lowest BCUT2D eigenvalue weighted by atomic mass is 10.1. The number of hydrogen-bond donors (Lipinski definition) is 1. The van der Waals surface area contributed by atoms with Crippen LogP contribution in [-0.4, -0.2) is 19.7 Å². The van der Waals surface area contributed by atoms with Crippen molar-refractivity contribution >= 4 is 11.8 Å². The third kappa shape index (κ3) is 3.89. The number of H-pyrrole nitrogens is 1. The highest BCUT2D eigenvalue weighted by atomic mass is 32.2. The van der Waals surface area contributed by atoms with Gasteiger partial charge in [-0.05, 0) is 24.6 Å². The van der Waals surface area contributed by atoms with Crippen molar-refractivity contribution in [3.8, 4) is 5.69 Å². The summed E-state index contributed by atoms with van der Waals surface area (Å²) in [7, 11) is 0. The van der Waals surface area contributed by atoms with Crippen LogP contribution in [0.1, 0.15) is 22.5 Å². The van der Waals surface area contributed by atoms with E-state index >= 15 is 0 Å². The fourth-order valence-electron chi connectivity index (χ4n) is 2.80. The minimum atomic E-state index is 0.838. The van der Waals surface area contributed by atoms with Gasteiger partial charge in [0.05, 0.1) is 17.6 Å². The van der Waals surface area contributed by atoms with E-state index in [1.807, 2.05) is 35.1 Å². The number of hydrogen-bond acceptors (Lipinski definition) is 3. The van der Waals surface area contributed by atoms with Crippen molar-refractivity contribution in [1.29, 1.82) is 0 Å². The van der Waals surface area contributed by atoms with Gasteiger partial charge in [-0.1, -0.05) is 60.3 Å². The molecule has 4 aromatic rings. The van der Waals surface area contributed by atoms with Crippen LogP contribution in [0.4, 0.5) is 0 Å². The Labute approximate surface area is 157 Å². The van der Waals surface area contributed by atoms with Crippen molar-refractivity contribution in [1.82, 2.24) is 19.7 Å². The molecule has 0 unspecified atom stereocenters. The molecular weight excluding hydrogens is 340 g/mol. The van der Waals surface area contributed by atoms with E-state index in [0.717, 1.165) is 34.4 Å². The van der Waals surface area contributed by atoms with E-state index in [0.29, 0.717) is 0 Å². The topological polar surface area (TPSA) is 46.5 Å². The lowest BCUT2D eigenvalue weighted by Gasteiger charge is -1.99. The molecule has 0 amide bonds. The van der Waals surface area contributed by atoms with E-state index in [4.69, 9.17) is 4.98 Å². The van der Waals surface area contributed by atoms with Gasteiger partial charge in [0, 0.05) is 29.6 Å². The molecule has 0 radical (unpaired) electrons. The molecule has 2 heterocycles. The Balaban J connectivity index is 1.41. The number of rotatable bonds is 6. The van der Waals surface area contributed by atoms with Crippen molar-refractivity contribution in [3.05, 3.63) is 95.6 Å². The molecule has 5 heteroatoms. The van der Waals surface area contributed by atoms with E-state index in [2.05, 4.69) is 59.6 Å². The Morgan fingerprint density at radius 3 is 2.46 bits per heavy atom. The molecule has 0 saturated heterocycles. The lowest BCUT2D eigenvalue weighted by molar-refractivity contribution is 0.880. The maximum absolute atomic E-state index is 4.77. The molecule has 0 aliphatic rings. The van der Waals surface area contributed by atoms with Crippen LogP contribution in [0.15, 0.2) is 78.2 Å². The third-order valence-electron chi connectivity index (χ3n) is 4.21. The smallest absolute Gasteiger partial charge is 0.166 e. The second-order valence-corrected chi connectivity index (χ2v) is 7.16. The van der Waals surface area contributed by atoms with Gasteiger partial charge in [-0.3, -0.25) is 0 Å². The van der Waals surface area contributed by atoms with Gasteiger partial charge in [0.1, 0.15) is 0 Å². The number of aryl methyl sites for hydroxylation is 1. The van der Waals surface area contributed by atoms with Crippen molar-refractivity contribution < 1.29 is 0 Å². The molecule has 4 rings (SSSR count). The van der Waals surface area contributed by atoms with Crippen molar-refractivity contribution in [2.24, 2.45) is 0 Å². The van der Waals surface area contributed by atoms with Crippen LogP contribution >= 0.6 is 11.8 Å². The molecule has 130 valence electrons. The minimum absolute atomic E-state index is 0.838. The van der Waals surface area contributed by atoms with Crippen molar-refractivity contribution in [3.63, 3.8) is 0 Å². The number of nitrogens with zero attached hydrogens (tertiary/aromatic N) is 3. The molecular formula is C21H20N4S. The summed E-state index contributed by atoms with van der Waals surface area (Å²) < 4.78 is 1.91. The number of para-hydroxylation sites is 1. The molecule has 0 spiro atoms. The van der Waals surface area contributed by atoms with Gasteiger partial charge in [0.15, 0.2) is 5.16 Å². The fourth-order valence-corrected chi connectivity index (χ4v) is 3.66. The van der Waals surface area contributed by atoms with Crippen LogP contribution in [0.2, 0.25) is 0 Å². The molecule has 2 aromatic carbocycles. The van der Waals surface area contributed by atoms with E-state index in [-0.39, 0.29) is 0 Å². The number of imidazole rings is 1. The molecule has 0 atom stereocenters. The SMILES string of the molecule is Cc1[nH]c(SCc2cnn(-c3ccccc3)c2)nc1Cc1ccccc1. The second-order valence-electron chi connectivity index (χ2n) is 6.19. The summed E-state index contributed by atoms with van der Waals surface area (Å²) in [6.45, 7) is 2.09. The van der Waals surface area contributed by atoms with Gasteiger partial charge in [0.2, 0.25) is 0 Å². The highest BCUT2D eigenvalue weighted by Crippen LogP contribution is 2.23. The van der Waals surface area contributed by atoms with Crippen LogP contribution in [0, 0.1) is 6.92 Å². The Hall–Kier alpha value is -2.79. The first-order chi connectivity index (χ1) is 12.8. The quantitative estimate of drug-likeness (QED) is 0.503. The first kappa shape index (κ1) is 16.7. The molecule has 0 aliphatic heterocycles. The largest absolute Gasteiger partial charge is 0.337 e. The van der Waals surface area contributed by atoms with Gasteiger partial charge in [-0.25, -0.2) is 9.67 Å². The average Bonchev–Trinajstić information content (AvgIpc) is 3.29. The number of aromatic nitrogens is 4. The van der Waals surface area contributed by atoms with E-state index in [1.165, 1.54) is 11.1 Å². The van der Waals surface area contributed by atoms with Gasteiger partial charge in [-0.15, -0.1) is 0 Å². The molecule has 1 N–H and O–H groups in total. The summed E-state index contributed by atoms with van der Waals surface area (Å²) >= 11 is 1.71. The molecule has 26 heavy (non-hydrogen) atoms. The second kappa shape index (κ2) is 7.62. The summed E-state index contributed by atoms with van der Waals surface area (Å²) in [5.41, 5.74) is 5.78. The summed E-state index contributed by atoms with van der Waals surface area (Å²) in [6, 6.07) is 20.6. The summed E-state index contributed by atoms with van der Waals surface area (Å²) in [5.74, 6) is 0.838. The van der Waals surface area contributed by atoms with Crippen molar-refractivity contribution in [2.45, 2.75) is 24.3 Å². The fraction of sp³-hybridized carbons (Fsp3) is 0.143. The molecule has 2 aromatic heterocycles. The van der Waals surface area contributed by atoms with Crippen LogP contribution in [0.5, 0.6) is 0 Å². The normalized spacial score (nSPS) is 11.0. The van der Waals surface area contributed by atoms with Gasteiger partial charge in [0.25, 0.3) is 0 Å². The number of aromatic amines is 1.